The molecule has 0 bridgehead atoms. The molecule has 6 heteroatoms. The molecule has 0 radical (unpaired) electrons. The van der Waals surface area contributed by atoms with Crippen LogP contribution in [-0.4, -0.2) is 31.8 Å². The molecule has 25 heavy (non-hydrogen) atoms. The first-order chi connectivity index (χ1) is 12.1. The van der Waals surface area contributed by atoms with Gasteiger partial charge in [-0.1, -0.05) is 29.8 Å². The van der Waals surface area contributed by atoms with Crippen molar-refractivity contribution in [3.8, 4) is 0 Å². The number of carbonyl (C=O) groups is 1. The summed E-state index contributed by atoms with van der Waals surface area (Å²) in [6.45, 7) is 0.725. The third kappa shape index (κ3) is 3.95. The molecule has 0 aromatic heterocycles. The zero-order valence-corrected chi connectivity index (χ0v) is 14.9. The third-order valence-electron chi connectivity index (χ3n) is 4.45. The van der Waals surface area contributed by atoms with Crippen LogP contribution in [-0.2, 0) is 4.74 Å². The molecular formula is C19H22ClN3O2. The van der Waals surface area contributed by atoms with Crippen LogP contribution in [0.25, 0.3) is 0 Å². The van der Waals surface area contributed by atoms with E-state index in [2.05, 4.69) is 10.2 Å². The van der Waals surface area contributed by atoms with Crippen LogP contribution in [0.1, 0.15) is 23.2 Å². The first kappa shape index (κ1) is 17.7. The van der Waals surface area contributed by atoms with Crippen LogP contribution < -0.4 is 16.0 Å². The van der Waals surface area contributed by atoms with E-state index < -0.39 is 0 Å². The quantitative estimate of drug-likeness (QED) is 0.820. The largest absolute Gasteiger partial charge is 0.465 e. The average molecular weight is 360 g/mol. The van der Waals surface area contributed by atoms with Crippen LogP contribution in [0.5, 0.6) is 0 Å². The Balaban J connectivity index is 2.09. The topological polar surface area (TPSA) is 67.6 Å². The highest BCUT2D eigenvalue weighted by Crippen LogP contribution is 2.35. The lowest BCUT2D eigenvalue weighted by Gasteiger charge is -2.39. The number of piperidine rings is 1. The van der Waals surface area contributed by atoms with Gasteiger partial charge >= 0.3 is 5.97 Å². The summed E-state index contributed by atoms with van der Waals surface area (Å²) < 4.78 is 4.96. The average Bonchev–Trinajstić information content (AvgIpc) is 2.64. The van der Waals surface area contributed by atoms with E-state index in [-0.39, 0.29) is 18.2 Å². The second-order valence-electron chi connectivity index (χ2n) is 6.10. The molecule has 1 aliphatic heterocycles. The molecule has 1 saturated heterocycles. The predicted octanol–water partition coefficient (Wildman–Crippen LogP) is 3.30. The number of carbonyl (C=O) groups excluding carboxylic acids is 1. The van der Waals surface area contributed by atoms with Gasteiger partial charge < -0.3 is 20.7 Å². The summed E-state index contributed by atoms with van der Waals surface area (Å²) in [4.78, 5) is 14.4. The van der Waals surface area contributed by atoms with Crippen molar-refractivity contribution in [2.75, 3.05) is 18.6 Å². The van der Waals surface area contributed by atoms with Gasteiger partial charge in [-0.15, -0.1) is 0 Å². The standard InChI is InChI=1S/C19H22ClN3O2/c1-25-19(24)16-9-7-13(20)11-17(16)23(14-5-3-2-4-6-14)15-8-10-18(21)22-12-15/h2-7,9,11,15,18,22H,8,10,12,21H2,1H3. The number of hydrogen-bond donors (Lipinski definition) is 2. The number of nitrogens with zero attached hydrogens (tertiary/aromatic N) is 1. The number of ether oxygens (including phenoxy) is 1. The van der Waals surface area contributed by atoms with Gasteiger partial charge in [0.25, 0.3) is 0 Å². The van der Waals surface area contributed by atoms with Crippen LogP contribution >= 0.6 is 11.6 Å². The molecule has 2 unspecified atom stereocenters. The van der Waals surface area contributed by atoms with Crippen molar-refractivity contribution < 1.29 is 9.53 Å². The molecule has 1 heterocycles. The summed E-state index contributed by atoms with van der Waals surface area (Å²) in [5.41, 5.74) is 8.21. The van der Waals surface area contributed by atoms with Gasteiger partial charge in [0, 0.05) is 23.3 Å². The molecule has 2 aromatic carbocycles. The van der Waals surface area contributed by atoms with Crippen LogP contribution in [0.2, 0.25) is 5.02 Å². The number of benzene rings is 2. The molecule has 1 fully saturated rings. The van der Waals surface area contributed by atoms with Gasteiger partial charge in [-0.25, -0.2) is 4.79 Å². The Bertz CT molecular complexity index is 731. The molecule has 2 aromatic rings. The van der Waals surface area contributed by atoms with Crippen LogP contribution in [0.15, 0.2) is 48.5 Å². The Hall–Kier alpha value is -2.08. The number of hydrogen-bond acceptors (Lipinski definition) is 5. The SMILES string of the molecule is COC(=O)c1ccc(Cl)cc1N(c1ccccc1)C1CCC(N)NC1. The summed E-state index contributed by atoms with van der Waals surface area (Å²) in [7, 11) is 1.38. The first-order valence-corrected chi connectivity index (χ1v) is 8.69. The molecule has 3 N–H and O–H groups in total. The molecule has 132 valence electrons. The van der Waals surface area contributed by atoms with Crippen molar-refractivity contribution in [1.29, 1.82) is 0 Å². The van der Waals surface area contributed by atoms with E-state index in [1.807, 2.05) is 36.4 Å². The molecule has 0 spiro atoms. The summed E-state index contributed by atoms with van der Waals surface area (Å²) >= 11 is 6.24. The monoisotopic (exact) mass is 359 g/mol. The van der Waals surface area contributed by atoms with Crippen molar-refractivity contribution >= 4 is 28.9 Å². The summed E-state index contributed by atoms with van der Waals surface area (Å²) in [6, 6.07) is 15.4. The number of para-hydroxylation sites is 1. The highest BCUT2D eigenvalue weighted by Gasteiger charge is 2.28. The lowest BCUT2D eigenvalue weighted by molar-refractivity contribution is 0.0601. The Kier molecular flexibility index (Phi) is 5.58. The third-order valence-corrected chi connectivity index (χ3v) is 4.69. The van der Waals surface area contributed by atoms with Crippen molar-refractivity contribution in [3.05, 3.63) is 59.1 Å². The fourth-order valence-corrected chi connectivity index (χ4v) is 3.37. The maximum Gasteiger partial charge on any atom is 0.339 e. The molecular weight excluding hydrogens is 338 g/mol. The van der Waals surface area contributed by atoms with E-state index in [1.54, 1.807) is 12.1 Å². The fraction of sp³-hybridized carbons (Fsp3) is 0.316. The van der Waals surface area contributed by atoms with Gasteiger partial charge in [-0.3, -0.25) is 0 Å². The second-order valence-corrected chi connectivity index (χ2v) is 6.54. The van der Waals surface area contributed by atoms with Crippen molar-refractivity contribution in [2.45, 2.75) is 25.0 Å². The maximum absolute atomic E-state index is 12.3. The second kappa shape index (κ2) is 7.87. The van der Waals surface area contributed by atoms with Crippen molar-refractivity contribution in [3.63, 3.8) is 0 Å². The zero-order chi connectivity index (χ0) is 17.8. The normalized spacial score (nSPS) is 20.1. The van der Waals surface area contributed by atoms with Gasteiger partial charge in [-0.05, 0) is 43.2 Å². The highest BCUT2D eigenvalue weighted by molar-refractivity contribution is 6.31. The lowest BCUT2D eigenvalue weighted by atomic mass is 10.0. The predicted molar refractivity (Wildman–Crippen MR) is 100 cm³/mol. The number of anilines is 2. The van der Waals surface area contributed by atoms with Gasteiger partial charge in [0.05, 0.1) is 24.5 Å². The molecule has 3 rings (SSSR count). The van der Waals surface area contributed by atoms with Gasteiger partial charge in [0.15, 0.2) is 0 Å². The Labute approximate surface area is 152 Å². The van der Waals surface area contributed by atoms with Gasteiger partial charge in [0.2, 0.25) is 0 Å². The number of rotatable bonds is 4. The van der Waals surface area contributed by atoms with E-state index in [9.17, 15) is 4.79 Å². The Morgan fingerprint density at radius 3 is 2.64 bits per heavy atom. The maximum atomic E-state index is 12.3. The van der Waals surface area contributed by atoms with E-state index in [1.165, 1.54) is 7.11 Å². The zero-order valence-electron chi connectivity index (χ0n) is 14.1. The summed E-state index contributed by atoms with van der Waals surface area (Å²) in [6.07, 6.45) is 1.78. The lowest BCUT2D eigenvalue weighted by Crippen LogP contribution is -2.51. The van der Waals surface area contributed by atoms with Gasteiger partial charge in [0.1, 0.15) is 0 Å². The highest BCUT2D eigenvalue weighted by atomic mass is 35.5. The van der Waals surface area contributed by atoms with Crippen LogP contribution in [0.4, 0.5) is 11.4 Å². The number of methoxy groups -OCH3 is 1. The van der Waals surface area contributed by atoms with Gasteiger partial charge in [-0.2, -0.15) is 0 Å². The summed E-state index contributed by atoms with van der Waals surface area (Å²) in [5, 5.41) is 3.89. The van der Waals surface area contributed by atoms with E-state index in [4.69, 9.17) is 22.1 Å². The fourth-order valence-electron chi connectivity index (χ4n) is 3.21. The van der Waals surface area contributed by atoms with E-state index in [0.717, 1.165) is 30.8 Å². The van der Waals surface area contributed by atoms with Crippen molar-refractivity contribution in [1.82, 2.24) is 5.32 Å². The van der Waals surface area contributed by atoms with E-state index >= 15 is 0 Å². The Morgan fingerprint density at radius 2 is 2.00 bits per heavy atom. The minimum Gasteiger partial charge on any atom is -0.465 e. The van der Waals surface area contributed by atoms with Crippen molar-refractivity contribution in [2.24, 2.45) is 5.73 Å². The van der Waals surface area contributed by atoms with E-state index in [0.29, 0.717) is 10.6 Å². The number of halogens is 1. The molecule has 1 aliphatic rings. The number of esters is 1. The molecule has 0 saturated carbocycles. The minimum atomic E-state index is -0.381. The number of nitrogens with two attached hydrogens (primary N) is 1. The minimum absolute atomic E-state index is 0.00770. The molecule has 2 atom stereocenters. The summed E-state index contributed by atoms with van der Waals surface area (Å²) in [5.74, 6) is -0.381. The first-order valence-electron chi connectivity index (χ1n) is 8.31. The molecule has 0 amide bonds. The molecule has 5 nitrogen and oxygen atoms in total. The smallest absolute Gasteiger partial charge is 0.339 e. The number of nitrogens with one attached hydrogen (secondary N) is 1. The Morgan fingerprint density at radius 1 is 1.24 bits per heavy atom. The molecule has 0 aliphatic carbocycles. The van der Waals surface area contributed by atoms with Crippen LogP contribution in [0, 0.1) is 0 Å². The van der Waals surface area contributed by atoms with Crippen LogP contribution in [0.3, 0.4) is 0 Å².